The zero-order chi connectivity index (χ0) is 16.7. The normalized spacial score (nSPS) is 22.9. The summed E-state index contributed by atoms with van der Waals surface area (Å²) in [5.41, 5.74) is -0.237. The summed E-state index contributed by atoms with van der Waals surface area (Å²) in [4.78, 5) is 23.1. The molecule has 1 aliphatic carbocycles. The van der Waals surface area contributed by atoms with Crippen LogP contribution >= 0.6 is 0 Å². The number of rotatable bonds is 5. The number of benzene rings is 1. The van der Waals surface area contributed by atoms with Gasteiger partial charge in [-0.2, -0.15) is 0 Å². The fourth-order valence-electron chi connectivity index (χ4n) is 2.81. The lowest BCUT2D eigenvalue weighted by molar-refractivity contribution is -0.140. The molecule has 0 aliphatic heterocycles. The number of primary sulfonamides is 1. The Morgan fingerprint density at radius 2 is 1.86 bits per heavy atom. The van der Waals surface area contributed by atoms with Crippen molar-refractivity contribution in [1.29, 1.82) is 0 Å². The average Bonchev–Trinajstić information content (AvgIpc) is 2.98. The van der Waals surface area contributed by atoms with Crippen molar-refractivity contribution in [1.82, 2.24) is 5.32 Å². The fourth-order valence-corrected chi connectivity index (χ4v) is 3.58. The molecule has 1 aliphatic rings. The zero-order valence-corrected chi connectivity index (χ0v) is 13.1. The van der Waals surface area contributed by atoms with Gasteiger partial charge in [0.1, 0.15) is 0 Å². The van der Waals surface area contributed by atoms with Crippen LogP contribution in [0.15, 0.2) is 29.2 Å². The Hall–Kier alpha value is -1.93. The molecule has 22 heavy (non-hydrogen) atoms. The topological polar surface area (TPSA) is 127 Å². The minimum atomic E-state index is -3.88. The Balaban J connectivity index is 2.10. The highest BCUT2D eigenvalue weighted by atomic mass is 32.2. The predicted octanol–water partition coefficient (Wildman–Crippen LogP) is 0.307. The summed E-state index contributed by atoms with van der Waals surface area (Å²) in [5.74, 6) is -2.75. The number of nitrogens with one attached hydrogen (secondary N) is 1. The summed E-state index contributed by atoms with van der Waals surface area (Å²) in [6.07, 6.45) is 0. The lowest BCUT2D eigenvalue weighted by Crippen LogP contribution is -2.28. The summed E-state index contributed by atoms with van der Waals surface area (Å²) in [5, 5.41) is 16.8. The van der Waals surface area contributed by atoms with E-state index in [1.54, 1.807) is 26.0 Å². The van der Waals surface area contributed by atoms with E-state index in [9.17, 15) is 18.0 Å². The Morgan fingerprint density at radius 1 is 1.27 bits per heavy atom. The first kappa shape index (κ1) is 16.4. The van der Waals surface area contributed by atoms with Gasteiger partial charge in [0.05, 0.1) is 16.7 Å². The van der Waals surface area contributed by atoms with Gasteiger partial charge in [0.25, 0.3) is 0 Å². The summed E-state index contributed by atoms with van der Waals surface area (Å²) < 4.78 is 23.0. The molecule has 0 spiro atoms. The van der Waals surface area contributed by atoms with E-state index in [1.807, 2.05) is 0 Å². The Morgan fingerprint density at radius 3 is 2.36 bits per heavy atom. The highest BCUT2D eigenvalue weighted by molar-refractivity contribution is 7.89. The van der Waals surface area contributed by atoms with Gasteiger partial charge in [-0.1, -0.05) is 32.0 Å². The fraction of sp³-hybridized carbons (Fsp3) is 0.429. The number of aliphatic carboxylic acids is 1. The van der Waals surface area contributed by atoms with Gasteiger partial charge in [0, 0.05) is 6.54 Å². The Kier molecular flexibility index (Phi) is 4.01. The van der Waals surface area contributed by atoms with Crippen molar-refractivity contribution in [2.24, 2.45) is 22.4 Å². The van der Waals surface area contributed by atoms with Crippen LogP contribution in [0.25, 0.3) is 0 Å². The second-order valence-corrected chi connectivity index (χ2v) is 7.52. The summed E-state index contributed by atoms with van der Waals surface area (Å²) >= 11 is 0. The second kappa shape index (κ2) is 5.36. The molecule has 7 nitrogen and oxygen atoms in total. The van der Waals surface area contributed by atoms with Gasteiger partial charge in [0.2, 0.25) is 15.9 Å². The average molecular weight is 326 g/mol. The number of nitrogens with two attached hydrogens (primary N) is 1. The maximum absolute atomic E-state index is 12.1. The van der Waals surface area contributed by atoms with Crippen molar-refractivity contribution in [3.8, 4) is 0 Å². The Bertz CT molecular complexity index is 727. The molecule has 4 N–H and O–H groups in total. The number of carboxylic acids is 1. The maximum atomic E-state index is 12.1. The van der Waals surface area contributed by atoms with E-state index in [2.05, 4.69) is 5.32 Å². The lowest BCUT2D eigenvalue weighted by atomic mass is 10.1. The Labute approximate surface area is 128 Å². The van der Waals surface area contributed by atoms with Crippen LogP contribution in [0, 0.1) is 17.3 Å². The molecule has 120 valence electrons. The molecule has 0 aromatic heterocycles. The number of amides is 1. The molecule has 0 unspecified atom stereocenters. The van der Waals surface area contributed by atoms with Crippen LogP contribution in [0.2, 0.25) is 0 Å². The molecule has 2 atom stereocenters. The quantitative estimate of drug-likeness (QED) is 0.717. The molecule has 2 rings (SSSR count). The van der Waals surface area contributed by atoms with Crippen LogP contribution in [0.1, 0.15) is 19.4 Å². The number of sulfonamides is 1. The summed E-state index contributed by atoms with van der Waals surface area (Å²) in [7, 11) is -3.88. The molecule has 0 radical (unpaired) electrons. The largest absolute Gasteiger partial charge is 0.481 e. The van der Waals surface area contributed by atoms with Crippen molar-refractivity contribution >= 4 is 21.9 Å². The number of carboxylic acid groups (broad SMARTS) is 1. The first-order chi connectivity index (χ1) is 10.1. The SMILES string of the molecule is CC1(C)[C@H](C(=O)O)[C@@H]1C(=O)NCc1ccccc1S(N)(=O)=O. The lowest BCUT2D eigenvalue weighted by Gasteiger charge is -2.09. The van der Waals surface area contributed by atoms with Crippen LogP contribution in [-0.4, -0.2) is 25.4 Å². The van der Waals surface area contributed by atoms with Gasteiger partial charge in [-0.05, 0) is 17.0 Å². The molecular formula is C14H18N2O5S. The number of carbonyl (C=O) groups excluding carboxylic acids is 1. The molecule has 1 fully saturated rings. The second-order valence-electron chi connectivity index (χ2n) is 5.99. The van der Waals surface area contributed by atoms with Crippen LogP contribution in [0.3, 0.4) is 0 Å². The predicted molar refractivity (Wildman–Crippen MR) is 78.1 cm³/mol. The first-order valence-electron chi connectivity index (χ1n) is 6.68. The number of hydrogen-bond donors (Lipinski definition) is 3. The molecule has 1 amide bonds. The number of hydrogen-bond acceptors (Lipinski definition) is 4. The standard InChI is InChI=1S/C14H18N2O5S/c1-14(2)10(11(14)13(18)19)12(17)16-7-8-5-3-4-6-9(8)22(15,20)21/h3-6,10-11H,7H2,1-2H3,(H,16,17)(H,18,19)(H2,15,20,21)/t10-,11+/m1/s1. The molecule has 0 bridgehead atoms. The van der Waals surface area contributed by atoms with E-state index in [-0.39, 0.29) is 11.4 Å². The van der Waals surface area contributed by atoms with E-state index in [0.717, 1.165) is 0 Å². The van der Waals surface area contributed by atoms with Crippen LogP contribution < -0.4 is 10.5 Å². The third-order valence-electron chi connectivity index (χ3n) is 4.11. The minimum Gasteiger partial charge on any atom is -0.481 e. The van der Waals surface area contributed by atoms with Crippen LogP contribution in [0.4, 0.5) is 0 Å². The molecule has 0 heterocycles. The van der Waals surface area contributed by atoms with Crippen molar-refractivity contribution in [2.45, 2.75) is 25.3 Å². The molecule has 8 heteroatoms. The van der Waals surface area contributed by atoms with E-state index in [0.29, 0.717) is 5.56 Å². The van der Waals surface area contributed by atoms with Crippen molar-refractivity contribution in [3.63, 3.8) is 0 Å². The van der Waals surface area contributed by atoms with E-state index >= 15 is 0 Å². The summed E-state index contributed by atoms with van der Waals surface area (Å²) in [6, 6.07) is 6.08. The molecule has 1 aromatic rings. The summed E-state index contributed by atoms with van der Waals surface area (Å²) in [6.45, 7) is 3.41. The van der Waals surface area contributed by atoms with Gasteiger partial charge in [-0.15, -0.1) is 0 Å². The van der Waals surface area contributed by atoms with Crippen molar-refractivity contribution in [3.05, 3.63) is 29.8 Å². The smallest absolute Gasteiger partial charge is 0.307 e. The highest BCUT2D eigenvalue weighted by Crippen LogP contribution is 2.58. The highest BCUT2D eigenvalue weighted by Gasteiger charge is 2.65. The number of carbonyl (C=O) groups is 2. The molecule has 0 saturated heterocycles. The molecule has 1 aromatic carbocycles. The first-order valence-corrected chi connectivity index (χ1v) is 8.22. The van der Waals surface area contributed by atoms with E-state index in [4.69, 9.17) is 10.2 Å². The van der Waals surface area contributed by atoms with Gasteiger partial charge in [-0.3, -0.25) is 9.59 Å². The third kappa shape index (κ3) is 2.97. The maximum Gasteiger partial charge on any atom is 0.307 e. The molecular weight excluding hydrogens is 308 g/mol. The van der Waals surface area contributed by atoms with E-state index in [1.165, 1.54) is 12.1 Å². The zero-order valence-electron chi connectivity index (χ0n) is 12.2. The van der Waals surface area contributed by atoms with Gasteiger partial charge in [0.15, 0.2) is 0 Å². The van der Waals surface area contributed by atoms with E-state index < -0.39 is 39.2 Å². The van der Waals surface area contributed by atoms with Gasteiger partial charge < -0.3 is 10.4 Å². The van der Waals surface area contributed by atoms with Gasteiger partial charge in [-0.25, -0.2) is 13.6 Å². The van der Waals surface area contributed by atoms with Crippen molar-refractivity contribution in [2.75, 3.05) is 0 Å². The third-order valence-corrected chi connectivity index (χ3v) is 5.12. The van der Waals surface area contributed by atoms with Crippen LogP contribution in [-0.2, 0) is 26.2 Å². The van der Waals surface area contributed by atoms with Crippen molar-refractivity contribution < 1.29 is 23.1 Å². The van der Waals surface area contributed by atoms with Crippen LogP contribution in [0.5, 0.6) is 0 Å². The monoisotopic (exact) mass is 326 g/mol. The van der Waals surface area contributed by atoms with Gasteiger partial charge >= 0.3 is 5.97 Å². The minimum absolute atomic E-state index is 0.0235. The molecule has 1 saturated carbocycles.